The van der Waals surface area contributed by atoms with Crippen LogP contribution in [-0.4, -0.2) is 23.8 Å². The summed E-state index contributed by atoms with van der Waals surface area (Å²) in [5.74, 6) is 0. The number of azo groups is 1. The Kier molecular flexibility index (Phi) is 5.39. The van der Waals surface area contributed by atoms with E-state index in [1.807, 2.05) is 20.8 Å². The maximum absolute atomic E-state index is 6.38. The molecular weight excluding hydrogens is 236 g/mol. The molecule has 0 bridgehead atoms. The van der Waals surface area contributed by atoms with E-state index < -0.39 is 5.00 Å². The van der Waals surface area contributed by atoms with Gasteiger partial charge in [-0.1, -0.05) is 30.9 Å². The number of rotatable bonds is 5. The van der Waals surface area contributed by atoms with Crippen molar-refractivity contribution in [3.05, 3.63) is 0 Å². The lowest BCUT2D eigenvalue weighted by Crippen LogP contribution is -2.31. The fourth-order valence-electron chi connectivity index (χ4n) is 2.28. The normalized spacial score (nSPS) is 22.9. The van der Waals surface area contributed by atoms with Gasteiger partial charge in [-0.2, -0.15) is 10.2 Å². The first-order valence-corrected chi connectivity index (χ1v) is 6.88. The maximum atomic E-state index is 6.38. The van der Waals surface area contributed by atoms with E-state index >= 15 is 0 Å². The molecule has 0 N–H and O–H groups in total. The molecule has 0 amide bonds. The van der Waals surface area contributed by atoms with Crippen molar-refractivity contribution < 1.29 is 4.74 Å². The van der Waals surface area contributed by atoms with E-state index in [-0.39, 0.29) is 5.60 Å². The van der Waals surface area contributed by atoms with E-state index in [1.165, 1.54) is 19.3 Å². The van der Waals surface area contributed by atoms with Crippen molar-refractivity contribution in [1.82, 2.24) is 0 Å². The summed E-state index contributed by atoms with van der Waals surface area (Å²) in [6.45, 7) is 5.94. The van der Waals surface area contributed by atoms with Crippen LogP contribution in [0.4, 0.5) is 0 Å². The Morgan fingerprint density at radius 1 is 1.18 bits per heavy atom. The summed E-state index contributed by atoms with van der Waals surface area (Å²) in [6.07, 6.45) is 6.85. The summed E-state index contributed by atoms with van der Waals surface area (Å²) >= 11 is 6.38. The Labute approximate surface area is 110 Å². The van der Waals surface area contributed by atoms with Crippen molar-refractivity contribution in [3.63, 3.8) is 0 Å². The number of alkyl halides is 1. The zero-order valence-electron chi connectivity index (χ0n) is 11.5. The standard InChI is InChI=1S/C13H25ClN2O/c1-12(2,17-4)10-13(3,14)16-15-11-8-6-5-7-9-11/h11H,5-10H2,1-4H3. The first-order valence-electron chi connectivity index (χ1n) is 6.51. The van der Waals surface area contributed by atoms with E-state index in [9.17, 15) is 0 Å². The Hall–Kier alpha value is -0.150. The number of hydrogen-bond donors (Lipinski definition) is 0. The lowest BCUT2D eigenvalue weighted by atomic mass is 9.96. The maximum Gasteiger partial charge on any atom is 0.154 e. The smallest absolute Gasteiger partial charge is 0.154 e. The third-order valence-electron chi connectivity index (χ3n) is 3.31. The van der Waals surface area contributed by atoms with Crippen molar-refractivity contribution in [2.45, 2.75) is 75.9 Å². The lowest BCUT2D eigenvalue weighted by Gasteiger charge is -2.29. The van der Waals surface area contributed by atoms with Crippen molar-refractivity contribution in [3.8, 4) is 0 Å². The van der Waals surface area contributed by atoms with Crippen LogP contribution in [0.1, 0.15) is 59.3 Å². The summed E-state index contributed by atoms with van der Waals surface area (Å²) in [7, 11) is 1.70. The Balaban J connectivity index is 2.49. The average molecular weight is 261 g/mol. The highest BCUT2D eigenvalue weighted by molar-refractivity contribution is 6.23. The number of methoxy groups -OCH3 is 1. The van der Waals surface area contributed by atoms with Gasteiger partial charge in [0.15, 0.2) is 5.00 Å². The van der Waals surface area contributed by atoms with Crippen molar-refractivity contribution >= 4 is 11.6 Å². The first-order chi connectivity index (χ1) is 7.85. The molecule has 0 aliphatic heterocycles. The van der Waals surface area contributed by atoms with E-state index in [2.05, 4.69) is 10.2 Å². The molecule has 0 heterocycles. The minimum Gasteiger partial charge on any atom is -0.379 e. The van der Waals surface area contributed by atoms with Gasteiger partial charge in [0.05, 0.1) is 11.6 Å². The lowest BCUT2D eigenvalue weighted by molar-refractivity contribution is 0.00731. The van der Waals surface area contributed by atoms with Crippen LogP contribution in [0.2, 0.25) is 0 Å². The van der Waals surface area contributed by atoms with Gasteiger partial charge in [0.1, 0.15) is 0 Å². The molecule has 0 saturated heterocycles. The second-order valence-corrected chi connectivity index (χ2v) is 6.60. The van der Waals surface area contributed by atoms with Crippen molar-refractivity contribution in [2.75, 3.05) is 7.11 Å². The zero-order valence-corrected chi connectivity index (χ0v) is 12.3. The fraction of sp³-hybridized carbons (Fsp3) is 1.00. The topological polar surface area (TPSA) is 34.0 Å². The van der Waals surface area contributed by atoms with Gasteiger partial charge in [0.25, 0.3) is 0 Å². The van der Waals surface area contributed by atoms with Gasteiger partial charge >= 0.3 is 0 Å². The molecular formula is C13H25ClN2O. The van der Waals surface area contributed by atoms with E-state index in [4.69, 9.17) is 16.3 Å². The summed E-state index contributed by atoms with van der Waals surface area (Å²) < 4.78 is 5.38. The minimum atomic E-state index is -0.656. The molecule has 1 aliphatic carbocycles. The molecule has 100 valence electrons. The molecule has 1 atom stereocenters. The minimum absolute atomic E-state index is 0.262. The molecule has 0 aromatic rings. The predicted molar refractivity (Wildman–Crippen MR) is 71.7 cm³/mol. The van der Waals surface area contributed by atoms with Crippen LogP contribution < -0.4 is 0 Å². The van der Waals surface area contributed by atoms with E-state index in [0.717, 1.165) is 12.8 Å². The first kappa shape index (κ1) is 14.9. The molecule has 1 aliphatic rings. The molecule has 0 radical (unpaired) electrons. The highest BCUT2D eigenvalue weighted by Crippen LogP contribution is 2.31. The van der Waals surface area contributed by atoms with Gasteiger partial charge in [-0.05, 0) is 33.6 Å². The largest absolute Gasteiger partial charge is 0.379 e. The quantitative estimate of drug-likeness (QED) is 0.406. The van der Waals surface area contributed by atoms with Gasteiger partial charge in [-0.25, -0.2) is 0 Å². The number of ether oxygens (including phenoxy) is 1. The number of hydrogen-bond acceptors (Lipinski definition) is 3. The van der Waals surface area contributed by atoms with E-state index in [1.54, 1.807) is 7.11 Å². The van der Waals surface area contributed by atoms with Gasteiger partial charge in [-0.15, -0.1) is 0 Å². The van der Waals surface area contributed by atoms with Crippen LogP contribution in [0.5, 0.6) is 0 Å². The molecule has 0 aromatic carbocycles. The molecule has 4 heteroatoms. The molecule has 1 fully saturated rings. The highest BCUT2D eigenvalue weighted by atomic mass is 35.5. The van der Waals surface area contributed by atoms with Gasteiger partial charge < -0.3 is 4.74 Å². The molecule has 0 spiro atoms. The molecule has 1 unspecified atom stereocenters. The van der Waals surface area contributed by atoms with Crippen LogP contribution in [0.15, 0.2) is 10.2 Å². The Morgan fingerprint density at radius 3 is 2.29 bits per heavy atom. The van der Waals surface area contributed by atoms with E-state index in [0.29, 0.717) is 12.5 Å². The molecule has 17 heavy (non-hydrogen) atoms. The Bertz CT molecular complexity index is 258. The van der Waals surface area contributed by atoms with Gasteiger partial charge in [0.2, 0.25) is 0 Å². The van der Waals surface area contributed by atoms with Crippen LogP contribution in [-0.2, 0) is 4.74 Å². The van der Waals surface area contributed by atoms with Crippen LogP contribution in [0, 0.1) is 0 Å². The summed E-state index contributed by atoms with van der Waals surface area (Å²) in [5, 5.41) is 8.73. The van der Waals surface area contributed by atoms with Crippen LogP contribution in [0.25, 0.3) is 0 Å². The zero-order chi connectivity index (χ0) is 12.9. The average Bonchev–Trinajstić information content (AvgIpc) is 2.27. The van der Waals surface area contributed by atoms with Crippen molar-refractivity contribution in [1.29, 1.82) is 0 Å². The molecule has 0 aromatic heterocycles. The second kappa shape index (κ2) is 6.14. The predicted octanol–water partition coefficient (Wildman–Crippen LogP) is 4.54. The highest BCUT2D eigenvalue weighted by Gasteiger charge is 2.31. The summed E-state index contributed by atoms with van der Waals surface area (Å²) in [5.41, 5.74) is -0.262. The fourth-order valence-corrected chi connectivity index (χ4v) is 2.65. The molecule has 1 saturated carbocycles. The van der Waals surface area contributed by atoms with Crippen LogP contribution >= 0.6 is 11.6 Å². The number of nitrogens with zero attached hydrogens (tertiary/aromatic N) is 2. The second-order valence-electron chi connectivity index (χ2n) is 5.79. The third-order valence-corrected chi connectivity index (χ3v) is 3.51. The molecule has 3 nitrogen and oxygen atoms in total. The third kappa shape index (κ3) is 5.82. The summed E-state index contributed by atoms with van der Waals surface area (Å²) in [4.78, 5) is -0.656. The van der Waals surface area contributed by atoms with Crippen LogP contribution in [0.3, 0.4) is 0 Å². The van der Waals surface area contributed by atoms with Gasteiger partial charge in [-0.3, -0.25) is 0 Å². The van der Waals surface area contributed by atoms with Crippen molar-refractivity contribution in [2.24, 2.45) is 10.2 Å². The summed E-state index contributed by atoms with van der Waals surface area (Å²) in [6, 6.07) is 0.382. The Morgan fingerprint density at radius 2 is 1.76 bits per heavy atom. The molecule has 1 rings (SSSR count). The monoisotopic (exact) mass is 260 g/mol. The van der Waals surface area contributed by atoms with Gasteiger partial charge in [0, 0.05) is 13.5 Å². The number of halogens is 1. The SMILES string of the molecule is COC(C)(C)CC(C)(Cl)N=NC1CCCCC1.